The van der Waals surface area contributed by atoms with Crippen LogP contribution in [0, 0.1) is 11.3 Å². The number of methoxy groups -OCH3 is 2. The fourth-order valence-electron chi connectivity index (χ4n) is 7.19. The summed E-state index contributed by atoms with van der Waals surface area (Å²) >= 11 is 0. The fourth-order valence-corrected chi connectivity index (χ4v) is 8.78. The number of hydrogen-bond donors (Lipinski definition) is 0. The zero-order valence-corrected chi connectivity index (χ0v) is 32.9. The molecule has 0 heterocycles. The number of benzene rings is 6. The Kier molecular flexibility index (Phi) is 13.0. The molecule has 6 aromatic rings. The molecule has 1 unspecified atom stereocenters. The smallest absolute Gasteiger partial charge is 0.259 e. The van der Waals surface area contributed by atoms with Crippen molar-refractivity contribution in [1.29, 1.82) is 5.26 Å². The molecule has 8 heteroatoms. The summed E-state index contributed by atoms with van der Waals surface area (Å²) in [5.74, 6) is 1.53. The first-order valence-corrected chi connectivity index (χ1v) is 19.6. The second-order valence-electron chi connectivity index (χ2n) is 13.7. The van der Waals surface area contributed by atoms with Crippen LogP contribution < -0.4 is 9.47 Å². The Labute approximate surface area is 321 Å². The van der Waals surface area contributed by atoms with Gasteiger partial charge in [0.15, 0.2) is 0 Å². The van der Waals surface area contributed by atoms with Crippen molar-refractivity contribution < 1.29 is 23.3 Å². The van der Waals surface area contributed by atoms with Gasteiger partial charge in [0, 0.05) is 12.1 Å². The topological polar surface area (TPSA) is 73.2 Å². The Morgan fingerprint density at radius 1 is 0.611 bits per heavy atom. The summed E-state index contributed by atoms with van der Waals surface area (Å²) in [5, 5.41) is 13.9. The van der Waals surface area contributed by atoms with Gasteiger partial charge in [-0.25, -0.2) is 4.67 Å². The number of rotatable bonds is 17. The van der Waals surface area contributed by atoms with E-state index in [4.69, 9.17) is 23.3 Å². The van der Waals surface area contributed by atoms with E-state index in [1.165, 1.54) is 10.8 Å². The van der Waals surface area contributed by atoms with Gasteiger partial charge in [0.25, 0.3) is 8.53 Å². The largest absolute Gasteiger partial charge is 0.497 e. The van der Waals surface area contributed by atoms with E-state index in [-0.39, 0.29) is 18.7 Å². The lowest BCUT2D eigenvalue weighted by atomic mass is 9.80. The number of nitrogens with zero attached hydrogens (tertiary/aromatic N) is 2. The third-order valence-corrected chi connectivity index (χ3v) is 11.8. The van der Waals surface area contributed by atoms with Crippen molar-refractivity contribution in [2.45, 2.75) is 65.0 Å². The van der Waals surface area contributed by atoms with Crippen molar-refractivity contribution in [2.75, 3.05) is 20.8 Å². The van der Waals surface area contributed by atoms with E-state index < -0.39 is 14.1 Å². The molecule has 0 bridgehead atoms. The summed E-state index contributed by atoms with van der Waals surface area (Å²) in [5.41, 5.74) is 3.96. The Morgan fingerprint density at radius 2 is 1.19 bits per heavy atom. The summed E-state index contributed by atoms with van der Waals surface area (Å²) < 4.78 is 34.0. The molecule has 0 N–H and O–H groups in total. The van der Waals surface area contributed by atoms with Crippen molar-refractivity contribution in [3.05, 3.63) is 155 Å². The van der Waals surface area contributed by atoms with Crippen molar-refractivity contribution in [3.8, 4) is 17.6 Å². The van der Waals surface area contributed by atoms with Crippen LogP contribution in [-0.4, -0.2) is 37.6 Å². The molecule has 6 aromatic carbocycles. The van der Waals surface area contributed by atoms with Gasteiger partial charge in [-0.2, -0.15) is 5.26 Å². The van der Waals surface area contributed by atoms with Gasteiger partial charge >= 0.3 is 0 Å². The molecule has 7 nitrogen and oxygen atoms in total. The molecule has 0 aromatic heterocycles. The zero-order chi connectivity index (χ0) is 38.1. The molecule has 0 saturated carbocycles. The van der Waals surface area contributed by atoms with E-state index in [1.807, 2.05) is 42.5 Å². The predicted molar refractivity (Wildman–Crippen MR) is 219 cm³/mol. The molecule has 278 valence electrons. The molecule has 0 amide bonds. The van der Waals surface area contributed by atoms with Crippen molar-refractivity contribution in [3.63, 3.8) is 0 Å². The Hall–Kier alpha value is -4.80. The Bertz CT molecular complexity index is 2110. The van der Waals surface area contributed by atoms with Crippen LogP contribution in [0.4, 0.5) is 0 Å². The first-order valence-electron chi connectivity index (χ1n) is 18.4. The average Bonchev–Trinajstić information content (AvgIpc) is 3.20. The highest BCUT2D eigenvalue weighted by Crippen LogP contribution is 2.48. The summed E-state index contributed by atoms with van der Waals surface area (Å²) in [6.07, 6.45) is 0.295. The Morgan fingerprint density at radius 3 is 1.78 bits per heavy atom. The highest BCUT2D eigenvalue weighted by Gasteiger charge is 2.38. The van der Waals surface area contributed by atoms with E-state index in [1.54, 1.807) is 14.2 Å². The molecule has 0 radical (unpaired) electrons. The zero-order valence-electron chi connectivity index (χ0n) is 32.0. The molecule has 0 aliphatic rings. The second kappa shape index (κ2) is 18.0. The van der Waals surface area contributed by atoms with Gasteiger partial charge in [-0.15, -0.1) is 0 Å². The van der Waals surface area contributed by atoms with Gasteiger partial charge in [-0.05, 0) is 101 Å². The first-order chi connectivity index (χ1) is 26.3. The summed E-state index contributed by atoms with van der Waals surface area (Å²) in [4.78, 5) is 0. The molecular formula is C46H49N2O5P. The van der Waals surface area contributed by atoms with Crippen molar-refractivity contribution in [2.24, 2.45) is 0 Å². The normalized spacial score (nSPS) is 12.4. The molecule has 0 spiro atoms. The van der Waals surface area contributed by atoms with Crippen molar-refractivity contribution in [1.82, 2.24) is 4.67 Å². The number of fused-ring (bicyclic) bond motifs is 3. The lowest BCUT2D eigenvalue weighted by Gasteiger charge is -2.37. The maximum Gasteiger partial charge on any atom is 0.259 e. The van der Waals surface area contributed by atoms with E-state index >= 15 is 0 Å². The van der Waals surface area contributed by atoms with Crippen LogP contribution in [-0.2, 0) is 32.6 Å². The predicted octanol–water partition coefficient (Wildman–Crippen LogP) is 11.3. The second-order valence-corrected chi connectivity index (χ2v) is 15.2. The third-order valence-electron chi connectivity index (χ3n) is 9.73. The van der Waals surface area contributed by atoms with E-state index in [9.17, 15) is 5.26 Å². The number of ether oxygens (including phenoxy) is 3. The summed E-state index contributed by atoms with van der Waals surface area (Å²) in [6.45, 7) is 9.48. The molecule has 0 aliphatic heterocycles. The highest BCUT2D eigenvalue weighted by molar-refractivity contribution is 7.44. The maximum atomic E-state index is 9.31. The SMILES string of the molecule is COc1ccc(C(OCc2ccc3c(ccc4ccccc43)c2COP(OCCC#N)N(C(C)C)C(C)C)(c2ccccc2)c2ccc(OC)cc2)cc1. The molecule has 1 atom stereocenters. The van der Waals surface area contributed by atoms with Crippen LogP contribution in [0.25, 0.3) is 21.5 Å². The van der Waals surface area contributed by atoms with E-state index in [0.717, 1.165) is 50.1 Å². The molecule has 0 aliphatic carbocycles. The lowest BCUT2D eigenvalue weighted by Crippen LogP contribution is -2.33. The number of nitriles is 1. The van der Waals surface area contributed by atoms with E-state index in [2.05, 4.69) is 123 Å². The van der Waals surface area contributed by atoms with Gasteiger partial charge in [-0.1, -0.05) is 103 Å². The summed E-state index contributed by atoms with van der Waals surface area (Å²) in [7, 11) is 1.88. The summed E-state index contributed by atoms with van der Waals surface area (Å²) in [6, 6.07) is 46.3. The standard InChI is InChI=1S/C46H49N2O5P/c1-33(2)48(34(3)4)54(52-30-12-29-47)53-32-45-36(18-28-43-42-16-11-10-13-35(42)17-27-44(43)45)31-51-46(37-14-8-7-9-15-37,38-19-23-40(49-5)24-20-38)39-21-25-41(50-6)26-22-39/h7-11,13-28,33-34H,12,30-32H2,1-6H3. The van der Waals surface area contributed by atoms with Gasteiger partial charge in [-0.3, -0.25) is 0 Å². The molecule has 54 heavy (non-hydrogen) atoms. The quantitative estimate of drug-likeness (QED) is 0.0399. The minimum absolute atomic E-state index is 0.179. The monoisotopic (exact) mass is 740 g/mol. The highest BCUT2D eigenvalue weighted by atomic mass is 31.2. The van der Waals surface area contributed by atoms with Gasteiger partial charge in [0.05, 0.1) is 46.5 Å². The van der Waals surface area contributed by atoms with Crippen LogP contribution in [0.3, 0.4) is 0 Å². The van der Waals surface area contributed by atoms with Gasteiger partial charge in [0.2, 0.25) is 0 Å². The van der Waals surface area contributed by atoms with Crippen LogP contribution >= 0.6 is 8.53 Å². The van der Waals surface area contributed by atoms with Crippen LogP contribution in [0.1, 0.15) is 61.9 Å². The fraction of sp³-hybridized carbons (Fsp3) is 0.283. The average molecular weight is 741 g/mol. The molecular weight excluding hydrogens is 691 g/mol. The lowest BCUT2D eigenvalue weighted by molar-refractivity contribution is -0.000405. The molecule has 0 fully saturated rings. The minimum Gasteiger partial charge on any atom is -0.497 e. The number of hydrogen-bond acceptors (Lipinski definition) is 7. The van der Waals surface area contributed by atoms with Crippen molar-refractivity contribution >= 4 is 30.1 Å². The first kappa shape index (κ1) is 38.9. The van der Waals surface area contributed by atoms with Crippen LogP contribution in [0.2, 0.25) is 0 Å². The third kappa shape index (κ3) is 8.30. The van der Waals surface area contributed by atoms with Crippen LogP contribution in [0.5, 0.6) is 11.5 Å². The van der Waals surface area contributed by atoms with Gasteiger partial charge in [0.1, 0.15) is 17.1 Å². The maximum absolute atomic E-state index is 9.31. The minimum atomic E-state index is -1.47. The molecule has 6 rings (SSSR count). The van der Waals surface area contributed by atoms with Crippen LogP contribution in [0.15, 0.2) is 127 Å². The van der Waals surface area contributed by atoms with E-state index in [0.29, 0.717) is 19.6 Å². The molecule has 0 saturated heterocycles. The Balaban J connectivity index is 1.49. The van der Waals surface area contributed by atoms with Gasteiger partial charge < -0.3 is 23.3 Å².